The summed E-state index contributed by atoms with van der Waals surface area (Å²) in [6.07, 6.45) is 1.65. The van der Waals surface area contributed by atoms with Gasteiger partial charge in [-0.3, -0.25) is 14.5 Å². The van der Waals surface area contributed by atoms with E-state index in [2.05, 4.69) is 0 Å². The molecule has 0 spiro atoms. The Kier molecular flexibility index (Phi) is 5.19. The number of benzene rings is 2. The number of hydrogen-bond donors (Lipinski definition) is 0. The second kappa shape index (κ2) is 7.53. The molecule has 2 aromatic carbocycles. The normalized spacial score (nSPS) is 15.9. The van der Waals surface area contributed by atoms with Gasteiger partial charge in [-0.15, -0.1) is 0 Å². The lowest BCUT2D eigenvalue weighted by atomic mass is 10.2. The van der Waals surface area contributed by atoms with E-state index in [9.17, 15) is 14.0 Å². The summed E-state index contributed by atoms with van der Waals surface area (Å²) in [5, 5.41) is -0.398. The van der Waals surface area contributed by atoms with Crippen LogP contribution in [0.3, 0.4) is 0 Å². The maximum Gasteiger partial charge on any atom is 0.293 e. The Morgan fingerprint density at radius 3 is 2.52 bits per heavy atom. The fraction of sp³-hybridized carbons (Fsp3) is 0.158. The van der Waals surface area contributed by atoms with Crippen molar-refractivity contribution >= 4 is 29.0 Å². The molecule has 1 aliphatic rings. The fourth-order valence-corrected chi connectivity index (χ4v) is 3.25. The molecule has 1 saturated heterocycles. The number of carbonyl (C=O) groups is 2. The molecule has 1 fully saturated rings. The van der Waals surface area contributed by atoms with E-state index in [1.165, 1.54) is 6.07 Å². The highest BCUT2D eigenvalue weighted by Crippen LogP contribution is 2.33. The highest BCUT2D eigenvalue weighted by molar-refractivity contribution is 8.18. The summed E-state index contributed by atoms with van der Waals surface area (Å²) in [5.41, 5.74) is 1.10. The standard InChI is InChI=1S/C19H16FNO3S/c1-2-24-15-9-7-13(8-10-15)11-17-18(22)21(19(23)25-17)12-14-5-3-4-6-16(14)20/h3-11H,2,12H2,1H3. The van der Waals surface area contributed by atoms with Crippen molar-refractivity contribution in [1.29, 1.82) is 0 Å². The lowest BCUT2D eigenvalue weighted by molar-refractivity contribution is -0.123. The third-order valence-corrected chi connectivity index (χ3v) is 4.56. The molecule has 0 aromatic heterocycles. The molecule has 0 bridgehead atoms. The van der Waals surface area contributed by atoms with Crippen LogP contribution in [-0.4, -0.2) is 22.7 Å². The largest absolute Gasteiger partial charge is 0.494 e. The van der Waals surface area contributed by atoms with E-state index < -0.39 is 17.0 Å². The monoisotopic (exact) mass is 357 g/mol. The average molecular weight is 357 g/mol. The predicted molar refractivity (Wildman–Crippen MR) is 95.5 cm³/mol. The summed E-state index contributed by atoms with van der Waals surface area (Å²) in [7, 11) is 0. The summed E-state index contributed by atoms with van der Waals surface area (Å²) in [4.78, 5) is 26.0. The molecule has 3 rings (SSSR count). The maximum absolute atomic E-state index is 13.8. The van der Waals surface area contributed by atoms with Gasteiger partial charge >= 0.3 is 0 Å². The Bertz CT molecular complexity index is 833. The van der Waals surface area contributed by atoms with Crippen LogP contribution in [0.1, 0.15) is 18.1 Å². The van der Waals surface area contributed by atoms with Gasteiger partial charge in [0.25, 0.3) is 11.1 Å². The second-order valence-electron chi connectivity index (χ2n) is 5.36. The Hall–Kier alpha value is -2.60. The number of hydrogen-bond acceptors (Lipinski definition) is 4. The predicted octanol–water partition coefficient (Wildman–Crippen LogP) is 4.46. The zero-order chi connectivity index (χ0) is 17.8. The summed E-state index contributed by atoms with van der Waals surface area (Å²) in [6, 6.07) is 13.4. The van der Waals surface area contributed by atoms with Crippen molar-refractivity contribution in [2.45, 2.75) is 13.5 Å². The highest BCUT2D eigenvalue weighted by atomic mass is 32.2. The molecule has 2 amide bonds. The van der Waals surface area contributed by atoms with E-state index in [-0.39, 0.29) is 6.54 Å². The minimum absolute atomic E-state index is 0.0715. The number of carbonyl (C=O) groups excluding carboxylic acids is 2. The van der Waals surface area contributed by atoms with Crippen LogP contribution in [0.4, 0.5) is 9.18 Å². The Balaban J connectivity index is 1.77. The van der Waals surface area contributed by atoms with Gasteiger partial charge in [-0.2, -0.15) is 0 Å². The van der Waals surface area contributed by atoms with Crippen LogP contribution >= 0.6 is 11.8 Å². The van der Waals surface area contributed by atoms with Gasteiger partial charge < -0.3 is 4.74 Å². The summed E-state index contributed by atoms with van der Waals surface area (Å²) < 4.78 is 19.1. The molecule has 1 heterocycles. The molecular weight excluding hydrogens is 341 g/mol. The van der Waals surface area contributed by atoms with Crippen LogP contribution in [0, 0.1) is 5.82 Å². The van der Waals surface area contributed by atoms with Crippen molar-refractivity contribution in [2.75, 3.05) is 6.61 Å². The van der Waals surface area contributed by atoms with Gasteiger partial charge in [0.15, 0.2) is 0 Å². The van der Waals surface area contributed by atoms with Gasteiger partial charge in [0.2, 0.25) is 0 Å². The third-order valence-electron chi connectivity index (χ3n) is 3.65. The molecule has 6 heteroatoms. The first-order chi connectivity index (χ1) is 12.1. The number of thioether (sulfide) groups is 1. The van der Waals surface area contributed by atoms with Crippen LogP contribution in [-0.2, 0) is 11.3 Å². The first-order valence-corrected chi connectivity index (χ1v) is 8.61. The molecule has 128 valence electrons. The van der Waals surface area contributed by atoms with E-state index in [1.807, 2.05) is 19.1 Å². The van der Waals surface area contributed by atoms with Gasteiger partial charge in [0.05, 0.1) is 18.1 Å². The van der Waals surface area contributed by atoms with Crippen molar-refractivity contribution < 1.29 is 18.7 Å². The smallest absolute Gasteiger partial charge is 0.293 e. The van der Waals surface area contributed by atoms with Gasteiger partial charge in [0, 0.05) is 5.56 Å². The first-order valence-electron chi connectivity index (χ1n) is 7.80. The summed E-state index contributed by atoms with van der Waals surface area (Å²) in [6.45, 7) is 2.41. The van der Waals surface area contributed by atoms with Crippen LogP contribution in [0.5, 0.6) is 5.75 Å². The van der Waals surface area contributed by atoms with Crippen LogP contribution in [0.2, 0.25) is 0 Å². The molecule has 1 aliphatic heterocycles. The van der Waals surface area contributed by atoms with E-state index in [0.29, 0.717) is 17.1 Å². The minimum atomic E-state index is -0.433. The van der Waals surface area contributed by atoms with Crippen LogP contribution in [0.15, 0.2) is 53.4 Å². The molecular formula is C19H16FNO3S. The quantitative estimate of drug-likeness (QED) is 0.741. The first kappa shape index (κ1) is 17.2. The van der Waals surface area contributed by atoms with Crippen LogP contribution < -0.4 is 4.74 Å². The van der Waals surface area contributed by atoms with Crippen molar-refractivity contribution in [3.63, 3.8) is 0 Å². The van der Waals surface area contributed by atoms with E-state index >= 15 is 0 Å². The molecule has 25 heavy (non-hydrogen) atoms. The topological polar surface area (TPSA) is 46.6 Å². The minimum Gasteiger partial charge on any atom is -0.494 e. The number of rotatable bonds is 5. The van der Waals surface area contributed by atoms with Crippen molar-refractivity contribution in [3.8, 4) is 5.75 Å². The van der Waals surface area contributed by atoms with Crippen LogP contribution in [0.25, 0.3) is 6.08 Å². The molecule has 0 saturated carbocycles. The number of amides is 2. The van der Waals surface area contributed by atoms with Gasteiger partial charge in [0.1, 0.15) is 11.6 Å². The number of nitrogens with zero attached hydrogens (tertiary/aromatic N) is 1. The van der Waals surface area contributed by atoms with Gasteiger partial charge in [-0.25, -0.2) is 4.39 Å². The molecule has 0 radical (unpaired) electrons. The zero-order valence-corrected chi connectivity index (χ0v) is 14.4. The third kappa shape index (κ3) is 3.91. The molecule has 0 aliphatic carbocycles. The lowest BCUT2D eigenvalue weighted by Gasteiger charge is -2.12. The SMILES string of the molecule is CCOc1ccc(C=C2SC(=O)N(Cc3ccccc3F)C2=O)cc1. The van der Waals surface area contributed by atoms with Crippen molar-refractivity contribution in [3.05, 3.63) is 70.4 Å². The lowest BCUT2D eigenvalue weighted by Crippen LogP contribution is -2.27. The Morgan fingerprint density at radius 2 is 1.84 bits per heavy atom. The van der Waals surface area contributed by atoms with Crippen molar-refractivity contribution in [2.24, 2.45) is 0 Å². The highest BCUT2D eigenvalue weighted by Gasteiger charge is 2.35. The summed E-state index contributed by atoms with van der Waals surface area (Å²) >= 11 is 0.861. The van der Waals surface area contributed by atoms with E-state index in [4.69, 9.17) is 4.74 Å². The zero-order valence-electron chi connectivity index (χ0n) is 13.6. The van der Waals surface area contributed by atoms with E-state index in [0.717, 1.165) is 28.0 Å². The Labute approximate surface area is 149 Å². The number of ether oxygens (including phenoxy) is 1. The van der Waals surface area contributed by atoms with Gasteiger partial charge in [-0.05, 0) is 48.5 Å². The molecule has 0 atom stereocenters. The number of halogens is 1. The fourth-order valence-electron chi connectivity index (χ4n) is 2.41. The maximum atomic E-state index is 13.8. The Morgan fingerprint density at radius 1 is 1.12 bits per heavy atom. The molecule has 2 aromatic rings. The summed E-state index contributed by atoms with van der Waals surface area (Å²) in [5.74, 6) is -0.100. The average Bonchev–Trinajstić information content (AvgIpc) is 2.86. The number of imide groups is 1. The molecule has 0 unspecified atom stereocenters. The molecule has 4 nitrogen and oxygen atoms in total. The molecule has 0 N–H and O–H groups in total. The second-order valence-corrected chi connectivity index (χ2v) is 6.35. The van der Waals surface area contributed by atoms with E-state index in [1.54, 1.807) is 36.4 Å². The van der Waals surface area contributed by atoms with Gasteiger partial charge in [-0.1, -0.05) is 30.3 Å². The van der Waals surface area contributed by atoms with Crippen molar-refractivity contribution in [1.82, 2.24) is 4.90 Å².